The third-order valence-electron chi connectivity index (χ3n) is 7.35. The highest BCUT2D eigenvalue weighted by atomic mass is 32.1. The first-order valence-corrected chi connectivity index (χ1v) is 16.9. The van der Waals surface area contributed by atoms with Crippen LogP contribution in [-0.2, 0) is 28.6 Å². The Labute approximate surface area is 304 Å². The molecule has 0 aliphatic heterocycles. The van der Waals surface area contributed by atoms with Gasteiger partial charge in [0.25, 0.3) is 14.5 Å². The smallest absolute Gasteiger partial charge is 0.266 e. The highest BCUT2D eigenvalue weighted by Crippen LogP contribution is 2.21. The van der Waals surface area contributed by atoms with Crippen LogP contribution in [0.1, 0.15) is 19.3 Å². The third-order valence-corrected chi connectivity index (χ3v) is 7.91. The van der Waals surface area contributed by atoms with Crippen LogP contribution in [0, 0.1) is 14.5 Å². The lowest BCUT2D eigenvalue weighted by Gasteiger charge is -2.18. The van der Waals surface area contributed by atoms with Gasteiger partial charge in [0.1, 0.15) is 6.10 Å². The Morgan fingerprint density at radius 3 is 1.29 bits per heavy atom. The Morgan fingerprint density at radius 1 is 0.569 bits per heavy atom. The molecule has 6 aromatic rings. The number of hydrogen-bond donors (Lipinski definition) is 6. The van der Waals surface area contributed by atoms with Crippen molar-refractivity contribution in [1.82, 2.24) is 15.0 Å². The van der Waals surface area contributed by atoms with Gasteiger partial charge in [0.2, 0.25) is 17.7 Å². The Kier molecular flexibility index (Phi) is 11.8. The number of fused-ring (bicyclic) bond motifs is 3. The van der Waals surface area contributed by atoms with E-state index in [9.17, 15) is 14.4 Å². The Balaban J connectivity index is 0.954. The summed E-state index contributed by atoms with van der Waals surface area (Å²) in [5.74, 6) is -0.798. The highest BCUT2D eigenvalue weighted by molar-refractivity contribution is 7.71. The SMILES string of the molecule is O=C(CCOCC(COCCC(=O)Nc1ccc2[nH]c(=S)oc2c1)OCCC(=O)Nc1ccc2[nH]c(=S)oc2c1)Nc1ccc2[nH]c(=S)oc2c1. The van der Waals surface area contributed by atoms with Gasteiger partial charge in [-0.1, -0.05) is 0 Å². The number of benzene rings is 3. The molecule has 0 saturated heterocycles. The van der Waals surface area contributed by atoms with Gasteiger partial charge in [0.05, 0.1) is 68.8 Å². The van der Waals surface area contributed by atoms with Crippen LogP contribution in [0.4, 0.5) is 17.1 Å². The minimum Gasteiger partial charge on any atom is -0.429 e. The summed E-state index contributed by atoms with van der Waals surface area (Å²) < 4.78 is 33.6. The number of oxazole rings is 3. The molecule has 6 rings (SSSR count). The number of anilines is 3. The zero-order chi connectivity index (χ0) is 35.7. The maximum atomic E-state index is 12.6. The average molecular weight is 753 g/mol. The van der Waals surface area contributed by atoms with Crippen molar-refractivity contribution in [3.05, 3.63) is 69.1 Å². The van der Waals surface area contributed by atoms with E-state index in [1.807, 2.05) is 0 Å². The van der Waals surface area contributed by atoms with Gasteiger partial charge < -0.3 is 58.4 Å². The van der Waals surface area contributed by atoms with Crippen molar-refractivity contribution in [3.63, 3.8) is 0 Å². The minimum atomic E-state index is -0.584. The second-order valence-corrected chi connectivity index (χ2v) is 12.3. The molecule has 0 unspecified atom stereocenters. The first-order chi connectivity index (χ1) is 24.7. The van der Waals surface area contributed by atoms with E-state index >= 15 is 0 Å². The summed E-state index contributed by atoms with van der Waals surface area (Å²) in [6, 6.07) is 15.5. The molecule has 6 N–H and O–H groups in total. The monoisotopic (exact) mass is 752 g/mol. The molecule has 3 aromatic heterocycles. The fraction of sp³-hybridized carbons (Fsp3) is 0.273. The summed E-state index contributed by atoms with van der Waals surface area (Å²) >= 11 is 15.0. The molecule has 0 fully saturated rings. The van der Waals surface area contributed by atoms with Gasteiger partial charge in [-0.2, -0.15) is 0 Å². The number of hydrogen-bond acceptors (Lipinski definition) is 12. The average Bonchev–Trinajstić information content (AvgIpc) is 3.77. The molecule has 18 heteroatoms. The van der Waals surface area contributed by atoms with E-state index in [-0.39, 0.29) is 84.5 Å². The number of amides is 3. The second kappa shape index (κ2) is 16.8. The zero-order valence-corrected chi connectivity index (χ0v) is 29.3. The van der Waals surface area contributed by atoms with Crippen molar-refractivity contribution >= 4 is 105 Å². The topological polar surface area (TPSA) is 202 Å². The first kappa shape index (κ1) is 35.8. The number of aromatic nitrogens is 3. The Bertz CT molecular complexity index is 2240. The van der Waals surface area contributed by atoms with Crippen molar-refractivity contribution in [2.45, 2.75) is 25.4 Å². The van der Waals surface area contributed by atoms with Crippen LogP contribution in [0.3, 0.4) is 0 Å². The number of aromatic amines is 3. The van der Waals surface area contributed by atoms with Crippen molar-refractivity contribution in [2.24, 2.45) is 0 Å². The van der Waals surface area contributed by atoms with Crippen LogP contribution >= 0.6 is 36.7 Å². The summed E-state index contributed by atoms with van der Waals surface area (Å²) in [6.07, 6.45) is -0.388. The van der Waals surface area contributed by atoms with E-state index in [4.69, 9.17) is 64.1 Å². The molecule has 15 nitrogen and oxygen atoms in total. The predicted molar refractivity (Wildman–Crippen MR) is 195 cm³/mol. The fourth-order valence-corrected chi connectivity index (χ4v) is 5.56. The quantitative estimate of drug-likeness (QED) is 0.0416. The van der Waals surface area contributed by atoms with E-state index in [1.54, 1.807) is 54.6 Å². The minimum absolute atomic E-state index is 0.0470. The molecule has 0 saturated carbocycles. The first-order valence-electron chi connectivity index (χ1n) is 15.7. The van der Waals surface area contributed by atoms with Gasteiger partial charge in [-0.25, -0.2) is 0 Å². The van der Waals surface area contributed by atoms with Crippen LogP contribution in [-0.4, -0.2) is 71.8 Å². The lowest BCUT2D eigenvalue weighted by atomic mass is 10.2. The molecule has 0 bridgehead atoms. The van der Waals surface area contributed by atoms with Crippen LogP contribution in [0.2, 0.25) is 0 Å². The maximum absolute atomic E-state index is 12.6. The summed E-state index contributed by atoms with van der Waals surface area (Å²) in [4.78, 5) is 47.1. The third kappa shape index (κ3) is 10.3. The number of nitrogens with one attached hydrogen (secondary N) is 6. The van der Waals surface area contributed by atoms with Crippen LogP contribution in [0.15, 0.2) is 67.8 Å². The van der Waals surface area contributed by atoms with Gasteiger partial charge in [-0.05, 0) is 73.1 Å². The lowest BCUT2D eigenvalue weighted by Crippen LogP contribution is -2.29. The largest absolute Gasteiger partial charge is 0.429 e. The lowest BCUT2D eigenvalue weighted by molar-refractivity contribution is -0.121. The van der Waals surface area contributed by atoms with Crippen molar-refractivity contribution < 1.29 is 41.8 Å². The Morgan fingerprint density at radius 2 is 0.922 bits per heavy atom. The number of ether oxygens (including phenoxy) is 3. The molecule has 3 amide bonds. The molecule has 0 spiro atoms. The van der Waals surface area contributed by atoms with Crippen molar-refractivity contribution in [2.75, 3.05) is 49.0 Å². The highest BCUT2D eigenvalue weighted by Gasteiger charge is 2.14. The number of H-pyrrole nitrogens is 3. The van der Waals surface area contributed by atoms with E-state index in [2.05, 4.69) is 30.9 Å². The van der Waals surface area contributed by atoms with Crippen LogP contribution in [0.5, 0.6) is 0 Å². The van der Waals surface area contributed by atoms with Gasteiger partial charge in [-0.3, -0.25) is 14.4 Å². The molecule has 0 aliphatic rings. The Hall–Kier alpha value is -4.98. The van der Waals surface area contributed by atoms with E-state index in [1.165, 1.54) is 0 Å². The predicted octanol–water partition coefficient (Wildman–Crippen LogP) is 6.90. The van der Waals surface area contributed by atoms with Gasteiger partial charge in [0.15, 0.2) is 16.7 Å². The van der Waals surface area contributed by atoms with E-state index < -0.39 is 6.10 Å². The molecule has 3 heterocycles. The number of rotatable bonds is 17. The maximum Gasteiger partial charge on any atom is 0.266 e. The summed E-state index contributed by atoms with van der Waals surface area (Å²) in [7, 11) is 0. The molecule has 3 aromatic carbocycles. The number of carbonyl (C=O) groups excluding carboxylic acids is 3. The summed E-state index contributed by atoms with van der Waals surface area (Å²) in [6.45, 7) is 0.429. The standard InChI is InChI=1S/C33H32N6O9S3/c40-28(34-18-1-4-22-25(13-18)46-31(49)37-22)7-10-43-16-21(45-12-9-30(42)36-20-3-6-24-27(15-20)48-33(51)39-24)17-44-11-8-29(41)35-19-2-5-23-26(14-19)47-32(50)38-23/h1-6,13-15,21H,7-12,16-17H2,(H,34,40)(H,35,41)(H,36,42)(H,37,49)(H,38,50)(H,39,51). The van der Waals surface area contributed by atoms with Crippen molar-refractivity contribution in [3.8, 4) is 0 Å². The zero-order valence-electron chi connectivity index (χ0n) is 26.8. The molecule has 0 aliphatic carbocycles. The molecule has 266 valence electrons. The van der Waals surface area contributed by atoms with Crippen molar-refractivity contribution in [1.29, 1.82) is 0 Å². The molecular weight excluding hydrogens is 721 g/mol. The normalized spacial score (nSPS) is 11.5. The van der Waals surface area contributed by atoms with E-state index in [0.717, 1.165) is 16.6 Å². The van der Waals surface area contributed by atoms with Gasteiger partial charge in [-0.15, -0.1) is 0 Å². The van der Waals surface area contributed by atoms with Gasteiger partial charge in [0, 0.05) is 35.3 Å². The van der Waals surface area contributed by atoms with Gasteiger partial charge >= 0.3 is 0 Å². The summed E-state index contributed by atoms with van der Waals surface area (Å²) in [5, 5.41) is 8.40. The van der Waals surface area contributed by atoms with Crippen LogP contribution in [0.25, 0.3) is 33.3 Å². The molecular formula is C33H32N6O9S3. The molecule has 0 radical (unpaired) electrons. The summed E-state index contributed by atoms with van der Waals surface area (Å²) in [5.41, 5.74) is 5.42. The second-order valence-electron chi connectivity index (χ2n) is 11.2. The van der Waals surface area contributed by atoms with Crippen LogP contribution < -0.4 is 16.0 Å². The molecule has 0 atom stereocenters. The van der Waals surface area contributed by atoms with E-state index in [0.29, 0.717) is 33.8 Å². The fourth-order valence-electron chi connectivity index (χ4n) is 4.96. The molecule has 51 heavy (non-hydrogen) atoms. The number of carbonyl (C=O) groups is 3.